The maximum absolute atomic E-state index is 10.9. The molecule has 328 valence electrons. The summed E-state index contributed by atoms with van der Waals surface area (Å²) < 4.78 is 4.07. The Morgan fingerprint density at radius 3 is 0.732 bits per heavy atom. The van der Waals surface area contributed by atoms with Gasteiger partial charge in [0.1, 0.15) is 24.3 Å². The van der Waals surface area contributed by atoms with E-state index in [1.807, 2.05) is 81.9 Å². The van der Waals surface area contributed by atoms with Gasteiger partial charge in [-0.1, -0.05) is 157 Å². The number of hydrogen-bond donors (Lipinski definition) is 0. The van der Waals surface area contributed by atoms with Crippen LogP contribution in [0.25, 0.3) is 99.5 Å². The molecule has 0 amide bonds. The molecule has 2 aromatic heterocycles. The van der Waals surface area contributed by atoms with E-state index >= 15 is 0 Å². The third kappa shape index (κ3) is 7.36. The zero-order chi connectivity index (χ0) is 48.0. The van der Waals surface area contributed by atoms with Gasteiger partial charge in [0.05, 0.1) is 55.7 Å². The third-order valence-corrected chi connectivity index (χ3v) is 14.2. The second-order valence-corrected chi connectivity index (χ2v) is 18.5. The van der Waals surface area contributed by atoms with Crippen molar-refractivity contribution in [2.75, 3.05) is 0 Å². The summed E-state index contributed by atoms with van der Waals surface area (Å²) in [5.74, 6) is 0. The van der Waals surface area contributed by atoms with E-state index < -0.39 is 0 Å². The molecule has 12 aromatic rings. The Kier molecular flexibility index (Phi) is 10.6. The number of benzene rings is 10. The fourth-order valence-corrected chi connectivity index (χ4v) is 11.0. The number of aromatic nitrogens is 2. The van der Waals surface area contributed by atoms with Crippen molar-refractivity contribution in [1.82, 2.24) is 9.13 Å². The van der Waals surface area contributed by atoms with Crippen LogP contribution in [0.5, 0.6) is 0 Å². The van der Waals surface area contributed by atoms with E-state index in [4.69, 9.17) is 0 Å². The van der Waals surface area contributed by atoms with Crippen LogP contribution in [0.15, 0.2) is 228 Å². The predicted molar refractivity (Wildman–Crippen MR) is 286 cm³/mol. The van der Waals surface area contributed by atoms with Crippen LogP contribution in [0.4, 0.5) is 0 Å². The van der Waals surface area contributed by atoms with E-state index in [9.17, 15) is 21.0 Å². The number of hydrogen-bond acceptors (Lipinski definition) is 5. The van der Waals surface area contributed by atoms with Gasteiger partial charge in [0, 0.05) is 31.3 Å². The Balaban J connectivity index is 0.988. The highest BCUT2D eigenvalue weighted by Gasteiger charge is 2.24. The summed E-state index contributed by atoms with van der Waals surface area (Å²) in [7, 11) is 0. The summed E-state index contributed by atoms with van der Waals surface area (Å²) in [4.78, 5) is 1.25. The first-order valence-electron chi connectivity index (χ1n) is 23.0. The molecule has 71 heavy (non-hydrogen) atoms. The van der Waals surface area contributed by atoms with Crippen molar-refractivity contribution < 1.29 is 0 Å². The second-order valence-electron chi connectivity index (χ2n) is 17.3. The van der Waals surface area contributed by atoms with Gasteiger partial charge >= 0.3 is 0 Å². The van der Waals surface area contributed by atoms with Crippen molar-refractivity contribution in [2.45, 2.75) is 9.79 Å². The second kappa shape index (κ2) is 17.6. The minimum absolute atomic E-state index is 0.317. The molecule has 0 atom stereocenters. The maximum Gasteiger partial charge on any atom is 0.101 e. The highest BCUT2D eigenvalue weighted by atomic mass is 32.2. The first-order valence-corrected chi connectivity index (χ1v) is 23.9. The highest BCUT2D eigenvalue weighted by Crippen LogP contribution is 2.43. The lowest BCUT2D eigenvalue weighted by Gasteiger charge is -2.16. The summed E-state index contributed by atoms with van der Waals surface area (Å²) in [6.07, 6.45) is 0. The number of fused-ring (bicyclic) bond motifs is 6. The molecule has 10 aromatic carbocycles. The minimum Gasteiger partial charge on any atom is -0.307 e. The molecular weight excluding hydrogens is 885 g/mol. The molecule has 0 radical (unpaired) electrons. The maximum atomic E-state index is 10.9. The monoisotopic (exact) mass is 920 g/mol. The molecule has 0 N–H and O–H groups in total. The van der Waals surface area contributed by atoms with E-state index in [0.717, 1.165) is 88.1 Å². The smallest absolute Gasteiger partial charge is 0.101 e. The van der Waals surface area contributed by atoms with Gasteiger partial charge in [-0.3, -0.25) is 0 Å². The highest BCUT2D eigenvalue weighted by molar-refractivity contribution is 7.99. The molecule has 0 aliphatic rings. The predicted octanol–water partition coefficient (Wildman–Crippen LogP) is 16.2. The Morgan fingerprint density at radius 2 is 0.507 bits per heavy atom. The van der Waals surface area contributed by atoms with Crippen molar-refractivity contribution in [3.05, 3.63) is 241 Å². The van der Waals surface area contributed by atoms with Crippen molar-refractivity contribution >= 4 is 55.4 Å². The van der Waals surface area contributed by atoms with Crippen LogP contribution in [0.2, 0.25) is 0 Å². The SMILES string of the molecule is N#Cc1cc(Sc2cc(C#N)c(-n3c4ccc(-c5ccccc5)cc4c4cc(-c5ccccc5)ccc43)c(C#N)c2)cc(C#N)c1-n1c2ccc(-c3ccccc3)cc2c2cc(-c3ccccc3)ccc21. The molecule has 6 nitrogen and oxygen atoms in total. The van der Waals surface area contributed by atoms with Gasteiger partial charge in [-0.05, 0) is 117 Å². The quantitative estimate of drug-likeness (QED) is 0.151. The normalized spacial score (nSPS) is 11.1. The molecule has 0 spiro atoms. The molecule has 0 bridgehead atoms. The van der Waals surface area contributed by atoms with Gasteiger partial charge in [0.2, 0.25) is 0 Å². The Morgan fingerprint density at radius 1 is 0.268 bits per heavy atom. The number of rotatable bonds is 8. The van der Waals surface area contributed by atoms with Crippen LogP contribution in [0.3, 0.4) is 0 Å². The van der Waals surface area contributed by atoms with Crippen molar-refractivity contribution in [2.24, 2.45) is 0 Å². The van der Waals surface area contributed by atoms with Crippen LogP contribution < -0.4 is 0 Å². The van der Waals surface area contributed by atoms with Crippen molar-refractivity contribution in [3.63, 3.8) is 0 Å². The number of nitriles is 4. The van der Waals surface area contributed by atoms with Gasteiger partial charge in [0.25, 0.3) is 0 Å². The Labute approximate surface area is 414 Å². The molecule has 0 saturated carbocycles. The van der Waals surface area contributed by atoms with Crippen LogP contribution in [-0.4, -0.2) is 9.13 Å². The summed E-state index contributed by atoms with van der Waals surface area (Å²) >= 11 is 1.31. The average Bonchev–Trinajstić information content (AvgIpc) is 3.94. The molecule has 0 fully saturated rings. The molecule has 0 aliphatic heterocycles. The van der Waals surface area contributed by atoms with Gasteiger partial charge in [-0.25, -0.2) is 0 Å². The Bertz CT molecular complexity index is 3740. The lowest BCUT2D eigenvalue weighted by Crippen LogP contribution is -2.03. The molecule has 2 heterocycles. The summed E-state index contributed by atoms with van der Waals surface area (Å²) in [5.41, 5.74) is 14.3. The van der Waals surface area contributed by atoms with Gasteiger partial charge in [0.15, 0.2) is 0 Å². The summed E-state index contributed by atoms with van der Waals surface area (Å²) in [5, 5.41) is 47.7. The standard InChI is InChI=1S/C64H36N6S/c65-37-49-29-53(30-50(38-66)63(49)69-59-25-21-45(41-13-5-1-6-14-41)33-55(59)56-34-46(22-26-60(56)69)42-15-7-2-8-16-42)71-54-31-51(39-67)64(52(32-54)40-68)70-61-27-23-47(43-17-9-3-10-18-43)35-57(61)58-36-48(24-28-62(58)70)44-19-11-4-12-20-44/h1-36H. The van der Waals surface area contributed by atoms with E-state index in [2.05, 4.69) is 146 Å². The van der Waals surface area contributed by atoms with E-state index in [-0.39, 0.29) is 0 Å². The number of nitrogens with zero attached hydrogens (tertiary/aromatic N) is 6. The molecule has 12 rings (SSSR count). The van der Waals surface area contributed by atoms with Crippen LogP contribution in [0.1, 0.15) is 22.3 Å². The summed E-state index contributed by atoms with van der Waals surface area (Å²) in [6, 6.07) is 83.2. The van der Waals surface area contributed by atoms with Crippen LogP contribution >= 0.6 is 11.8 Å². The lowest BCUT2D eigenvalue weighted by molar-refractivity contribution is 1.14. The van der Waals surface area contributed by atoms with E-state index in [1.54, 1.807) is 24.3 Å². The van der Waals surface area contributed by atoms with Crippen molar-refractivity contribution in [3.8, 4) is 80.2 Å². The zero-order valence-electron chi connectivity index (χ0n) is 37.9. The fraction of sp³-hybridized carbons (Fsp3) is 0. The topological polar surface area (TPSA) is 105 Å². The van der Waals surface area contributed by atoms with Crippen LogP contribution in [0, 0.1) is 45.3 Å². The lowest BCUT2D eigenvalue weighted by atomic mass is 10.0. The third-order valence-electron chi connectivity index (χ3n) is 13.3. The summed E-state index contributed by atoms with van der Waals surface area (Å²) in [6.45, 7) is 0. The molecular formula is C64H36N6S. The van der Waals surface area contributed by atoms with Gasteiger partial charge < -0.3 is 9.13 Å². The molecule has 0 saturated heterocycles. The zero-order valence-corrected chi connectivity index (χ0v) is 38.7. The van der Waals surface area contributed by atoms with E-state index in [1.165, 1.54) is 11.8 Å². The first kappa shape index (κ1) is 42.5. The largest absolute Gasteiger partial charge is 0.307 e. The molecule has 0 unspecified atom stereocenters. The van der Waals surface area contributed by atoms with Gasteiger partial charge in [-0.15, -0.1) is 0 Å². The van der Waals surface area contributed by atoms with Crippen molar-refractivity contribution in [1.29, 1.82) is 21.0 Å². The molecule has 0 aliphatic carbocycles. The minimum atomic E-state index is 0.317. The average molecular weight is 921 g/mol. The fourth-order valence-electron chi connectivity index (χ4n) is 10.1. The molecule has 7 heteroatoms. The Hall–Kier alpha value is -9.89. The van der Waals surface area contributed by atoms with E-state index in [0.29, 0.717) is 43.4 Å². The van der Waals surface area contributed by atoms with Gasteiger partial charge in [-0.2, -0.15) is 21.0 Å². The van der Waals surface area contributed by atoms with Crippen LogP contribution in [-0.2, 0) is 0 Å². The first-order chi connectivity index (χ1) is 35.0.